The van der Waals surface area contributed by atoms with Gasteiger partial charge in [0.2, 0.25) is 5.91 Å². The van der Waals surface area contributed by atoms with Gasteiger partial charge in [0.15, 0.2) is 0 Å². The van der Waals surface area contributed by atoms with Gasteiger partial charge < -0.3 is 5.32 Å². The molecule has 0 aromatic rings. The second-order valence-electron chi connectivity index (χ2n) is 4.45. The first-order chi connectivity index (χ1) is 8.91. The highest BCUT2D eigenvalue weighted by molar-refractivity contribution is 7.86. The fraction of sp³-hybridized carbons (Fsp3) is 0.692. The topological polar surface area (TPSA) is 83.5 Å². The van der Waals surface area contributed by atoms with Crippen LogP contribution in [0.25, 0.3) is 0 Å². The Morgan fingerprint density at radius 3 is 2.47 bits per heavy atom. The lowest BCUT2D eigenvalue weighted by molar-refractivity contribution is -0.120. The van der Waals surface area contributed by atoms with E-state index in [0.29, 0.717) is 6.42 Å². The number of amides is 1. The van der Waals surface area contributed by atoms with E-state index in [2.05, 4.69) is 18.8 Å². The number of carbonyl (C=O) groups is 1. The Bertz CT molecular complexity index is 365. The number of carbonyl (C=O) groups excluding carboxylic acids is 1. The van der Waals surface area contributed by atoms with Gasteiger partial charge >= 0.3 is 0 Å². The van der Waals surface area contributed by atoms with Crippen molar-refractivity contribution in [1.29, 1.82) is 0 Å². The van der Waals surface area contributed by atoms with Gasteiger partial charge in [0.25, 0.3) is 10.1 Å². The molecule has 0 heterocycles. The maximum absolute atomic E-state index is 11.3. The summed E-state index contributed by atoms with van der Waals surface area (Å²) in [5.74, 6) is -0.240. The van der Waals surface area contributed by atoms with E-state index in [9.17, 15) is 13.2 Å². The van der Waals surface area contributed by atoms with Gasteiger partial charge in [-0.2, -0.15) is 8.42 Å². The van der Waals surface area contributed by atoms with Crippen LogP contribution < -0.4 is 5.32 Å². The third kappa shape index (κ3) is 9.67. The monoisotopic (exact) mass is 290 g/mol. The zero-order valence-corrected chi connectivity index (χ0v) is 12.1. The first-order valence-electron chi connectivity index (χ1n) is 6.55. The molecule has 1 amide bonds. The average Bonchev–Trinajstić information content (AvgIpc) is 2.31. The molecule has 0 spiro atoms. The molecule has 1 unspecified atom stereocenters. The van der Waals surface area contributed by atoms with Gasteiger partial charge in [0.05, 0.1) is 5.25 Å². The zero-order valence-electron chi connectivity index (χ0n) is 11.3. The van der Waals surface area contributed by atoms with Gasteiger partial charge in [-0.1, -0.05) is 18.9 Å². The Morgan fingerprint density at radius 1 is 1.26 bits per heavy atom. The second-order valence-corrected chi connectivity index (χ2v) is 6.15. The molecule has 2 N–H and O–H groups in total. The molecule has 0 aromatic carbocycles. The predicted octanol–water partition coefficient (Wildman–Crippen LogP) is 2.11. The van der Waals surface area contributed by atoms with E-state index in [-0.39, 0.29) is 25.3 Å². The fourth-order valence-corrected chi connectivity index (χ4v) is 2.68. The maximum Gasteiger partial charge on any atom is 0.267 e. The number of hydrogen-bond acceptors (Lipinski definition) is 3. The number of rotatable bonds is 11. The van der Waals surface area contributed by atoms with Crippen LogP contribution in [-0.2, 0) is 14.9 Å². The third-order valence-electron chi connectivity index (χ3n) is 2.87. The Morgan fingerprint density at radius 2 is 1.95 bits per heavy atom. The minimum absolute atomic E-state index is 0.0899. The number of allylic oxidation sites excluding steroid dienone is 1. The molecule has 0 saturated heterocycles. The normalized spacial score (nSPS) is 12.9. The molecule has 0 fully saturated rings. The van der Waals surface area contributed by atoms with Gasteiger partial charge in [0.1, 0.15) is 0 Å². The van der Waals surface area contributed by atoms with Gasteiger partial charge in [-0.15, -0.1) is 6.58 Å². The summed E-state index contributed by atoms with van der Waals surface area (Å²) >= 11 is 0. The maximum atomic E-state index is 11.3. The lowest BCUT2D eigenvalue weighted by Gasteiger charge is -2.13. The van der Waals surface area contributed by atoms with Crippen molar-refractivity contribution in [3.05, 3.63) is 19.6 Å². The van der Waals surface area contributed by atoms with Crippen molar-refractivity contribution in [3.63, 3.8) is 0 Å². The summed E-state index contributed by atoms with van der Waals surface area (Å²) < 4.78 is 31.6. The number of nitrogens with one attached hydrogen (secondary N) is 1. The van der Waals surface area contributed by atoms with E-state index < -0.39 is 15.4 Å². The van der Waals surface area contributed by atoms with Gasteiger partial charge in [-0.25, -0.2) is 0 Å². The van der Waals surface area contributed by atoms with E-state index in [1.165, 1.54) is 0 Å². The molecular weight excluding hydrogens is 266 g/mol. The Labute approximate surface area is 116 Å². The molecule has 19 heavy (non-hydrogen) atoms. The highest BCUT2D eigenvalue weighted by atomic mass is 32.2. The van der Waals surface area contributed by atoms with Gasteiger partial charge in [-0.3, -0.25) is 9.35 Å². The molecule has 0 rings (SSSR count). The summed E-state index contributed by atoms with van der Waals surface area (Å²) in [6, 6.07) is 0. The van der Waals surface area contributed by atoms with Crippen molar-refractivity contribution in [1.82, 2.24) is 5.32 Å². The van der Waals surface area contributed by atoms with E-state index in [0.717, 1.165) is 25.7 Å². The van der Waals surface area contributed by atoms with Crippen molar-refractivity contribution < 1.29 is 17.8 Å². The Hall–Kier alpha value is -0.880. The predicted molar refractivity (Wildman–Crippen MR) is 76.2 cm³/mol. The standard InChI is InChI=1S/C13H24NO4S/c1-3-5-6-7-8-9-12(19(16,17)18)10-11-13(15)14-4-2/h3,12H,1-2,4-11H2,(H,14,15)(H,16,17,18). The summed E-state index contributed by atoms with van der Waals surface area (Å²) in [5.41, 5.74) is 0. The van der Waals surface area contributed by atoms with E-state index >= 15 is 0 Å². The van der Waals surface area contributed by atoms with Gasteiger partial charge in [0, 0.05) is 13.0 Å². The van der Waals surface area contributed by atoms with Crippen LogP contribution in [0.5, 0.6) is 0 Å². The van der Waals surface area contributed by atoms with Crippen LogP contribution in [0.4, 0.5) is 0 Å². The van der Waals surface area contributed by atoms with Crippen molar-refractivity contribution in [3.8, 4) is 0 Å². The van der Waals surface area contributed by atoms with E-state index in [1.807, 2.05) is 6.08 Å². The molecule has 0 bridgehead atoms. The Balaban J connectivity index is 4.11. The zero-order chi connectivity index (χ0) is 14.7. The molecule has 5 nitrogen and oxygen atoms in total. The average molecular weight is 290 g/mol. The first-order valence-corrected chi connectivity index (χ1v) is 8.05. The molecule has 0 aliphatic carbocycles. The highest BCUT2D eigenvalue weighted by Gasteiger charge is 2.23. The molecule has 6 heteroatoms. The fourth-order valence-electron chi connectivity index (χ4n) is 1.80. The minimum Gasteiger partial charge on any atom is -0.356 e. The quantitative estimate of drug-likeness (QED) is 0.347. The van der Waals surface area contributed by atoms with Crippen LogP contribution in [0.3, 0.4) is 0 Å². The molecular formula is C13H24NO4S. The smallest absolute Gasteiger partial charge is 0.267 e. The molecule has 111 valence electrons. The van der Waals surface area contributed by atoms with Crippen LogP contribution >= 0.6 is 0 Å². The first kappa shape index (κ1) is 18.1. The summed E-state index contributed by atoms with van der Waals surface area (Å²) in [6.07, 6.45) is 5.92. The number of hydrogen-bond donors (Lipinski definition) is 2. The van der Waals surface area contributed by atoms with Crippen LogP contribution in [0, 0.1) is 6.92 Å². The largest absolute Gasteiger partial charge is 0.356 e. The summed E-state index contributed by atoms with van der Waals surface area (Å²) in [6.45, 7) is 7.36. The van der Waals surface area contributed by atoms with Crippen molar-refractivity contribution in [2.45, 2.75) is 50.2 Å². The van der Waals surface area contributed by atoms with E-state index in [1.54, 1.807) is 0 Å². The summed E-state index contributed by atoms with van der Waals surface area (Å²) in [4.78, 5) is 11.3. The van der Waals surface area contributed by atoms with Gasteiger partial charge in [-0.05, 0) is 32.6 Å². The Kier molecular flexibility index (Phi) is 9.51. The summed E-state index contributed by atoms with van der Waals surface area (Å²) in [5, 5.41) is 1.64. The minimum atomic E-state index is -4.08. The van der Waals surface area contributed by atoms with Crippen molar-refractivity contribution in [2.24, 2.45) is 0 Å². The van der Waals surface area contributed by atoms with Crippen LogP contribution in [0.15, 0.2) is 12.7 Å². The van der Waals surface area contributed by atoms with Crippen LogP contribution in [0.2, 0.25) is 0 Å². The second kappa shape index (κ2) is 9.97. The molecule has 0 aliphatic rings. The van der Waals surface area contributed by atoms with Crippen molar-refractivity contribution >= 4 is 16.0 Å². The highest BCUT2D eigenvalue weighted by Crippen LogP contribution is 2.16. The third-order valence-corrected chi connectivity index (χ3v) is 4.19. The molecule has 0 aliphatic heterocycles. The lowest BCUT2D eigenvalue weighted by Crippen LogP contribution is -2.27. The molecule has 0 saturated carbocycles. The van der Waals surface area contributed by atoms with Crippen LogP contribution in [0.1, 0.15) is 44.9 Å². The SMILES string of the molecule is [CH2]CNC(=O)CCC(CCCCCC=C)S(=O)(=O)O. The number of unbranched alkanes of at least 4 members (excludes halogenated alkanes) is 3. The molecule has 0 aromatic heterocycles. The van der Waals surface area contributed by atoms with Crippen molar-refractivity contribution in [2.75, 3.05) is 6.54 Å². The van der Waals surface area contributed by atoms with E-state index in [4.69, 9.17) is 4.55 Å². The molecule has 1 atom stereocenters. The van der Waals surface area contributed by atoms with Crippen LogP contribution in [-0.4, -0.2) is 30.7 Å². The summed E-state index contributed by atoms with van der Waals surface area (Å²) in [7, 11) is -4.08. The molecule has 1 radical (unpaired) electrons. The lowest BCUT2D eigenvalue weighted by atomic mass is 10.1.